The Bertz CT molecular complexity index is 816. The Morgan fingerprint density at radius 2 is 1.81 bits per heavy atom. The summed E-state index contributed by atoms with van der Waals surface area (Å²) in [6, 6.07) is 9.25. The van der Waals surface area contributed by atoms with Crippen LogP contribution < -0.4 is 14.8 Å². The standard InChI is InChI=1S/C19H19F2NO5/c1-11-6-14(7-12(2)17(11)26-10-16(23)24)18(25)22-9-13-4-3-5-15(8-13)27-19(20)21/h3-8,19H,9-10H2,1-2H3,(H,22,25)(H,23,24). The maximum Gasteiger partial charge on any atom is 0.387 e. The topological polar surface area (TPSA) is 84.9 Å². The van der Waals surface area contributed by atoms with Gasteiger partial charge in [0.25, 0.3) is 5.91 Å². The van der Waals surface area contributed by atoms with E-state index in [1.54, 1.807) is 38.1 Å². The molecule has 2 aromatic carbocycles. The molecule has 0 aliphatic carbocycles. The normalized spacial score (nSPS) is 10.6. The average molecular weight is 379 g/mol. The molecule has 0 unspecified atom stereocenters. The molecule has 2 aromatic rings. The molecular formula is C19H19F2NO5. The summed E-state index contributed by atoms with van der Waals surface area (Å²) in [6.45, 7) is 0.180. The number of hydrogen-bond donors (Lipinski definition) is 2. The van der Waals surface area contributed by atoms with Crippen LogP contribution in [0.2, 0.25) is 0 Å². The van der Waals surface area contributed by atoms with Gasteiger partial charge < -0.3 is 19.9 Å². The number of alkyl halides is 2. The minimum absolute atomic E-state index is 0.0170. The highest BCUT2D eigenvalue weighted by molar-refractivity contribution is 5.94. The molecule has 2 N–H and O–H groups in total. The highest BCUT2D eigenvalue weighted by Gasteiger charge is 2.13. The number of ether oxygens (including phenoxy) is 2. The second kappa shape index (κ2) is 8.98. The summed E-state index contributed by atoms with van der Waals surface area (Å²) in [6.07, 6.45) is 0. The van der Waals surface area contributed by atoms with Gasteiger partial charge in [0.1, 0.15) is 11.5 Å². The summed E-state index contributed by atoms with van der Waals surface area (Å²) >= 11 is 0. The quantitative estimate of drug-likeness (QED) is 0.735. The first-order valence-corrected chi connectivity index (χ1v) is 8.04. The van der Waals surface area contributed by atoms with Gasteiger partial charge in [-0.25, -0.2) is 4.79 Å². The molecule has 0 saturated carbocycles. The zero-order valence-corrected chi connectivity index (χ0v) is 14.8. The molecule has 27 heavy (non-hydrogen) atoms. The first-order valence-electron chi connectivity index (χ1n) is 8.04. The smallest absolute Gasteiger partial charge is 0.387 e. The lowest BCUT2D eigenvalue weighted by atomic mass is 10.0. The third-order valence-electron chi connectivity index (χ3n) is 3.64. The molecule has 0 aliphatic heterocycles. The van der Waals surface area contributed by atoms with Crippen molar-refractivity contribution >= 4 is 11.9 Å². The first kappa shape index (κ1) is 20.2. The fraction of sp³-hybridized carbons (Fsp3) is 0.263. The van der Waals surface area contributed by atoms with Crippen LogP contribution in [-0.2, 0) is 11.3 Å². The van der Waals surface area contributed by atoms with Crippen LogP contribution in [0.15, 0.2) is 36.4 Å². The second-order valence-electron chi connectivity index (χ2n) is 5.83. The lowest BCUT2D eigenvalue weighted by Crippen LogP contribution is -2.23. The molecule has 144 valence electrons. The van der Waals surface area contributed by atoms with E-state index in [1.165, 1.54) is 12.1 Å². The Labute approximate surface area is 154 Å². The predicted molar refractivity (Wildman–Crippen MR) is 93.3 cm³/mol. The molecule has 0 spiro atoms. The Kier molecular flexibility index (Phi) is 6.70. The van der Waals surface area contributed by atoms with Crippen molar-refractivity contribution in [1.82, 2.24) is 5.32 Å². The van der Waals surface area contributed by atoms with Crippen LogP contribution in [0.3, 0.4) is 0 Å². The molecule has 1 amide bonds. The minimum atomic E-state index is -2.91. The number of carboxylic acid groups (broad SMARTS) is 1. The van der Waals surface area contributed by atoms with Crippen LogP contribution in [0.1, 0.15) is 27.0 Å². The van der Waals surface area contributed by atoms with Crippen molar-refractivity contribution in [2.75, 3.05) is 6.61 Å². The lowest BCUT2D eigenvalue weighted by molar-refractivity contribution is -0.139. The van der Waals surface area contributed by atoms with Crippen LogP contribution in [0.5, 0.6) is 11.5 Å². The molecule has 0 fully saturated rings. The molecule has 2 rings (SSSR count). The Hall–Kier alpha value is -3.16. The van der Waals surface area contributed by atoms with Crippen LogP contribution in [0.25, 0.3) is 0 Å². The maximum absolute atomic E-state index is 12.4. The van der Waals surface area contributed by atoms with E-state index in [9.17, 15) is 18.4 Å². The molecule has 6 nitrogen and oxygen atoms in total. The summed E-state index contributed by atoms with van der Waals surface area (Å²) in [5.41, 5.74) is 2.26. The molecule has 0 bridgehead atoms. The SMILES string of the molecule is Cc1cc(C(=O)NCc2cccc(OC(F)F)c2)cc(C)c1OCC(=O)O. The van der Waals surface area contributed by atoms with E-state index in [-0.39, 0.29) is 18.2 Å². The van der Waals surface area contributed by atoms with E-state index >= 15 is 0 Å². The number of benzene rings is 2. The second-order valence-corrected chi connectivity index (χ2v) is 5.83. The van der Waals surface area contributed by atoms with Crippen molar-refractivity contribution in [3.8, 4) is 11.5 Å². The number of aliphatic carboxylic acids is 1. The van der Waals surface area contributed by atoms with E-state index in [0.717, 1.165) is 0 Å². The molecule has 0 atom stereocenters. The fourth-order valence-electron chi connectivity index (χ4n) is 2.56. The van der Waals surface area contributed by atoms with Gasteiger partial charge in [-0.15, -0.1) is 0 Å². The van der Waals surface area contributed by atoms with Crippen molar-refractivity contribution in [2.45, 2.75) is 27.0 Å². The van der Waals surface area contributed by atoms with Crippen molar-refractivity contribution < 1.29 is 33.0 Å². The van der Waals surface area contributed by atoms with E-state index in [2.05, 4.69) is 10.1 Å². The summed E-state index contributed by atoms with van der Waals surface area (Å²) < 4.78 is 34.1. The fourth-order valence-corrected chi connectivity index (χ4v) is 2.56. The number of aryl methyl sites for hydroxylation is 2. The highest BCUT2D eigenvalue weighted by atomic mass is 19.3. The van der Waals surface area contributed by atoms with Crippen LogP contribution in [-0.4, -0.2) is 30.2 Å². The summed E-state index contributed by atoms with van der Waals surface area (Å²) in [4.78, 5) is 23.0. The number of hydrogen-bond acceptors (Lipinski definition) is 4. The van der Waals surface area contributed by atoms with Crippen molar-refractivity contribution in [3.05, 3.63) is 58.7 Å². The van der Waals surface area contributed by atoms with Gasteiger partial charge in [0, 0.05) is 12.1 Å². The zero-order valence-electron chi connectivity index (χ0n) is 14.8. The molecule has 0 heterocycles. The van der Waals surface area contributed by atoms with E-state index in [4.69, 9.17) is 9.84 Å². The number of carboxylic acids is 1. The number of halogens is 2. The van der Waals surface area contributed by atoms with Crippen molar-refractivity contribution in [1.29, 1.82) is 0 Å². The largest absolute Gasteiger partial charge is 0.481 e. The minimum Gasteiger partial charge on any atom is -0.481 e. The third kappa shape index (κ3) is 5.95. The summed E-state index contributed by atoms with van der Waals surface area (Å²) in [5, 5.41) is 11.4. The van der Waals surface area contributed by atoms with Crippen LogP contribution in [0, 0.1) is 13.8 Å². The van der Waals surface area contributed by atoms with Gasteiger partial charge >= 0.3 is 12.6 Å². The van der Waals surface area contributed by atoms with Gasteiger partial charge in [0.2, 0.25) is 0 Å². The van der Waals surface area contributed by atoms with Gasteiger partial charge in [-0.2, -0.15) is 8.78 Å². The predicted octanol–water partition coefficient (Wildman–Crippen LogP) is 3.30. The Morgan fingerprint density at radius 3 is 2.41 bits per heavy atom. The number of carbonyl (C=O) groups is 2. The first-order chi connectivity index (χ1) is 12.8. The Morgan fingerprint density at radius 1 is 1.15 bits per heavy atom. The van der Waals surface area contributed by atoms with Gasteiger partial charge in [0.15, 0.2) is 6.61 Å². The molecule has 0 aromatic heterocycles. The summed E-state index contributed by atoms with van der Waals surface area (Å²) in [5.74, 6) is -1.01. The number of rotatable bonds is 8. The monoisotopic (exact) mass is 379 g/mol. The molecule has 0 aliphatic rings. The van der Waals surface area contributed by atoms with E-state index in [0.29, 0.717) is 28.0 Å². The summed E-state index contributed by atoms with van der Waals surface area (Å²) in [7, 11) is 0. The number of amides is 1. The molecular weight excluding hydrogens is 360 g/mol. The van der Waals surface area contributed by atoms with Gasteiger partial charge in [-0.05, 0) is 54.8 Å². The third-order valence-corrected chi connectivity index (χ3v) is 3.64. The van der Waals surface area contributed by atoms with Crippen molar-refractivity contribution in [3.63, 3.8) is 0 Å². The molecule has 8 heteroatoms. The van der Waals surface area contributed by atoms with E-state index in [1.807, 2.05) is 0 Å². The number of carbonyl (C=O) groups excluding carboxylic acids is 1. The highest BCUT2D eigenvalue weighted by Crippen LogP contribution is 2.25. The number of nitrogens with one attached hydrogen (secondary N) is 1. The average Bonchev–Trinajstić information content (AvgIpc) is 2.58. The maximum atomic E-state index is 12.4. The lowest BCUT2D eigenvalue weighted by Gasteiger charge is -2.13. The Balaban J connectivity index is 2.05. The van der Waals surface area contributed by atoms with Gasteiger partial charge in [0.05, 0.1) is 0 Å². The van der Waals surface area contributed by atoms with Gasteiger partial charge in [-0.3, -0.25) is 4.79 Å². The molecule has 0 radical (unpaired) electrons. The molecule has 0 saturated heterocycles. The zero-order chi connectivity index (χ0) is 20.0. The van der Waals surface area contributed by atoms with Crippen molar-refractivity contribution in [2.24, 2.45) is 0 Å². The van der Waals surface area contributed by atoms with Gasteiger partial charge in [-0.1, -0.05) is 12.1 Å². The van der Waals surface area contributed by atoms with Crippen LogP contribution in [0.4, 0.5) is 8.78 Å². The van der Waals surface area contributed by atoms with Crippen LogP contribution >= 0.6 is 0 Å². The van der Waals surface area contributed by atoms with E-state index < -0.39 is 19.2 Å².